The molecule has 0 spiro atoms. The second kappa shape index (κ2) is 5.48. The molecule has 0 bridgehead atoms. The number of sulfone groups is 1. The van der Waals surface area contributed by atoms with E-state index >= 15 is 0 Å². The monoisotopic (exact) mass is 297 g/mol. The van der Waals surface area contributed by atoms with Gasteiger partial charge in [-0.3, -0.25) is 0 Å². The number of rotatable bonds is 3. The number of aromatic nitrogens is 2. The van der Waals surface area contributed by atoms with Gasteiger partial charge < -0.3 is 9.88 Å². The Morgan fingerprint density at radius 2 is 2.10 bits per heavy atom. The van der Waals surface area contributed by atoms with Gasteiger partial charge in [0.15, 0.2) is 0 Å². The lowest BCUT2D eigenvalue weighted by Gasteiger charge is -2.28. The summed E-state index contributed by atoms with van der Waals surface area (Å²) < 4.78 is 25.6. The number of imidazole rings is 1. The van der Waals surface area contributed by atoms with E-state index in [4.69, 9.17) is 4.98 Å². The van der Waals surface area contributed by atoms with Gasteiger partial charge in [0.1, 0.15) is 15.7 Å². The fourth-order valence-corrected chi connectivity index (χ4v) is 4.82. The maximum atomic E-state index is 11.6. The fourth-order valence-electron chi connectivity index (χ4n) is 3.36. The van der Waals surface area contributed by atoms with Crippen LogP contribution in [0.3, 0.4) is 0 Å². The molecule has 0 atom stereocenters. The lowest BCUT2D eigenvalue weighted by Crippen LogP contribution is -2.30. The van der Waals surface area contributed by atoms with Crippen LogP contribution in [0.25, 0.3) is 0 Å². The van der Waals surface area contributed by atoms with Crippen molar-refractivity contribution in [2.45, 2.75) is 51.6 Å². The van der Waals surface area contributed by atoms with Crippen molar-refractivity contribution < 1.29 is 8.42 Å². The molecule has 0 unspecified atom stereocenters. The van der Waals surface area contributed by atoms with E-state index in [9.17, 15) is 8.42 Å². The van der Waals surface area contributed by atoms with Gasteiger partial charge in [-0.2, -0.15) is 0 Å². The molecule has 0 radical (unpaired) electrons. The first kappa shape index (κ1) is 14.1. The van der Waals surface area contributed by atoms with Gasteiger partial charge in [-0.1, -0.05) is 6.92 Å². The molecule has 20 heavy (non-hydrogen) atoms. The van der Waals surface area contributed by atoms with Gasteiger partial charge in [-0.15, -0.1) is 0 Å². The summed E-state index contributed by atoms with van der Waals surface area (Å²) in [5, 5.41) is 3.37. The predicted octanol–water partition coefficient (Wildman–Crippen LogP) is 1.23. The quantitative estimate of drug-likeness (QED) is 0.911. The molecule has 1 aromatic rings. The van der Waals surface area contributed by atoms with Crippen molar-refractivity contribution in [1.82, 2.24) is 14.9 Å². The molecule has 0 saturated carbocycles. The summed E-state index contributed by atoms with van der Waals surface area (Å²) in [6.07, 6.45) is 4.56. The fraction of sp³-hybridized carbons (Fsp3) is 0.786. The van der Waals surface area contributed by atoms with Crippen molar-refractivity contribution in [3.8, 4) is 0 Å². The van der Waals surface area contributed by atoms with Crippen LogP contribution in [0.4, 0.5) is 0 Å². The van der Waals surface area contributed by atoms with E-state index in [0.29, 0.717) is 17.5 Å². The summed E-state index contributed by atoms with van der Waals surface area (Å²) in [6, 6.07) is 0.328. The van der Waals surface area contributed by atoms with Crippen molar-refractivity contribution in [3.05, 3.63) is 17.2 Å². The smallest absolute Gasteiger partial charge is 0.150 e. The van der Waals surface area contributed by atoms with Crippen molar-refractivity contribution in [1.29, 1.82) is 0 Å². The van der Waals surface area contributed by atoms with Crippen LogP contribution in [0.5, 0.6) is 0 Å². The van der Waals surface area contributed by atoms with Crippen LogP contribution in [0.2, 0.25) is 0 Å². The lowest BCUT2D eigenvalue weighted by molar-refractivity contribution is 0.420. The van der Waals surface area contributed by atoms with E-state index in [0.717, 1.165) is 51.0 Å². The largest absolute Gasteiger partial charge is 0.329 e. The van der Waals surface area contributed by atoms with Gasteiger partial charge in [0, 0.05) is 37.7 Å². The van der Waals surface area contributed by atoms with E-state index < -0.39 is 9.84 Å². The number of aryl methyl sites for hydroxylation is 1. The Bertz CT molecular complexity index is 578. The molecule has 2 aliphatic heterocycles. The molecule has 1 aromatic heterocycles. The van der Waals surface area contributed by atoms with E-state index in [1.807, 2.05) is 0 Å². The lowest BCUT2D eigenvalue weighted by atomic mass is 10.1. The zero-order valence-electron chi connectivity index (χ0n) is 12.1. The Hall–Kier alpha value is -0.880. The first-order chi connectivity index (χ1) is 9.61. The number of hydrogen-bond acceptors (Lipinski definition) is 4. The SMILES string of the molecule is CCCc1nc2c(n1C1CCS(=O)(=O)CC1)CCNC2. The molecule has 112 valence electrons. The molecule has 1 saturated heterocycles. The highest BCUT2D eigenvalue weighted by molar-refractivity contribution is 7.91. The van der Waals surface area contributed by atoms with Gasteiger partial charge in [0.05, 0.1) is 17.2 Å². The summed E-state index contributed by atoms with van der Waals surface area (Å²) in [4.78, 5) is 4.80. The van der Waals surface area contributed by atoms with Crippen LogP contribution < -0.4 is 5.32 Å². The minimum atomic E-state index is -2.80. The highest BCUT2D eigenvalue weighted by atomic mass is 32.2. The number of hydrogen-bond donors (Lipinski definition) is 1. The van der Waals surface area contributed by atoms with E-state index in [1.54, 1.807) is 0 Å². The molecular weight excluding hydrogens is 274 g/mol. The Morgan fingerprint density at radius 1 is 1.35 bits per heavy atom. The van der Waals surface area contributed by atoms with Crippen LogP contribution in [0.15, 0.2) is 0 Å². The van der Waals surface area contributed by atoms with Crippen molar-refractivity contribution in [2.24, 2.45) is 0 Å². The second-order valence-electron chi connectivity index (χ2n) is 5.85. The average molecular weight is 297 g/mol. The van der Waals surface area contributed by atoms with E-state index in [-0.39, 0.29) is 0 Å². The number of fused-ring (bicyclic) bond motifs is 1. The third-order valence-electron chi connectivity index (χ3n) is 4.36. The predicted molar refractivity (Wildman–Crippen MR) is 78.6 cm³/mol. The minimum Gasteiger partial charge on any atom is -0.329 e. The topological polar surface area (TPSA) is 64.0 Å². The van der Waals surface area contributed by atoms with Crippen LogP contribution in [-0.2, 0) is 29.2 Å². The molecule has 3 heterocycles. The number of nitrogens with one attached hydrogen (secondary N) is 1. The average Bonchev–Trinajstić information content (AvgIpc) is 2.78. The zero-order valence-corrected chi connectivity index (χ0v) is 12.9. The maximum Gasteiger partial charge on any atom is 0.150 e. The van der Waals surface area contributed by atoms with Crippen molar-refractivity contribution in [2.75, 3.05) is 18.1 Å². The maximum absolute atomic E-state index is 11.6. The van der Waals surface area contributed by atoms with Crippen LogP contribution in [0, 0.1) is 0 Å². The summed E-state index contributed by atoms with van der Waals surface area (Å²) in [7, 11) is -2.80. The molecular formula is C14H23N3O2S. The highest BCUT2D eigenvalue weighted by Crippen LogP contribution is 2.30. The molecule has 5 nitrogen and oxygen atoms in total. The third kappa shape index (κ3) is 2.63. The third-order valence-corrected chi connectivity index (χ3v) is 6.08. The molecule has 6 heteroatoms. The Labute approximate surface area is 120 Å². The molecule has 1 fully saturated rings. The Morgan fingerprint density at radius 3 is 2.80 bits per heavy atom. The van der Waals surface area contributed by atoms with Gasteiger partial charge in [0.2, 0.25) is 0 Å². The summed E-state index contributed by atoms with van der Waals surface area (Å²) in [6.45, 7) is 4.01. The van der Waals surface area contributed by atoms with Gasteiger partial charge >= 0.3 is 0 Å². The summed E-state index contributed by atoms with van der Waals surface area (Å²) >= 11 is 0. The van der Waals surface area contributed by atoms with Gasteiger partial charge in [0.25, 0.3) is 0 Å². The van der Waals surface area contributed by atoms with Gasteiger partial charge in [-0.25, -0.2) is 13.4 Å². The van der Waals surface area contributed by atoms with Crippen LogP contribution >= 0.6 is 0 Å². The molecule has 3 rings (SSSR count). The number of nitrogens with zero attached hydrogens (tertiary/aromatic N) is 2. The molecule has 2 aliphatic rings. The highest BCUT2D eigenvalue weighted by Gasteiger charge is 2.29. The van der Waals surface area contributed by atoms with Crippen molar-refractivity contribution in [3.63, 3.8) is 0 Å². The Balaban J connectivity index is 1.93. The minimum absolute atomic E-state index is 0.328. The molecule has 1 N–H and O–H groups in total. The molecule has 0 aromatic carbocycles. The summed E-state index contributed by atoms with van der Waals surface area (Å²) in [5.41, 5.74) is 2.52. The van der Waals surface area contributed by atoms with Gasteiger partial charge in [-0.05, 0) is 19.3 Å². The molecule has 0 amide bonds. The standard InChI is InChI=1S/C14H23N3O2S/c1-2-3-14-16-12-10-15-7-4-13(12)17(14)11-5-8-20(18,19)9-6-11/h11,15H,2-10H2,1H3. The van der Waals surface area contributed by atoms with E-state index in [2.05, 4.69) is 16.8 Å². The second-order valence-corrected chi connectivity index (χ2v) is 8.15. The van der Waals surface area contributed by atoms with Crippen LogP contribution in [-0.4, -0.2) is 36.0 Å². The normalized spacial score (nSPS) is 22.6. The Kier molecular flexibility index (Phi) is 3.86. The van der Waals surface area contributed by atoms with Crippen LogP contribution in [0.1, 0.15) is 49.4 Å². The van der Waals surface area contributed by atoms with E-state index in [1.165, 1.54) is 11.4 Å². The first-order valence-corrected chi connectivity index (χ1v) is 9.43. The zero-order chi connectivity index (χ0) is 14.2. The van der Waals surface area contributed by atoms with Crippen molar-refractivity contribution >= 4 is 9.84 Å². The first-order valence-electron chi connectivity index (χ1n) is 7.60. The summed E-state index contributed by atoms with van der Waals surface area (Å²) in [5.74, 6) is 1.81. The molecule has 0 aliphatic carbocycles.